The lowest BCUT2D eigenvalue weighted by molar-refractivity contribution is 0.0690. The van der Waals surface area contributed by atoms with Crippen molar-refractivity contribution < 1.29 is 23.4 Å². The van der Waals surface area contributed by atoms with Gasteiger partial charge in [0.1, 0.15) is 24.1 Å². The molecule has 2 rings (SSSR count). The average Bonchev–Trinajstić information content (AvgIpc) is 2.47. The fourth-order valence-electron chi connectivity index (χ4n) is 1.73. The van der Waals surface area contributed by atoms with Crippen LogP contribution in [-0.4, -0.2) is 11.1 Å². The molecule has 0 saturated carbocycles. The third-order valence-electron chi connectivity index (χ3n) is 2.73. The van der Waals surface area contributed by atoms with Gasteiger partial charge < -0.3 is 9.84 Å². The van der Waals surface area contributed by atoms with E-state index in [2.05, 4.69) is 0 Å². The molecule has 0 radical (unpaired) electrons. The van der Waals surface area contributed by atoms with Crippen LogP contribution in [0.2, 0.25) is 0 Å². The van der Waals surface area contributed by atoms with Crippen molar-refractivity contribution in [2.75, 3.05) is 0 Å². The van der Waals surface area contributed by atoms with E-state index in [4.69, 9.17) is 15.1 Å². The van der Waals surface area contributed by atoms with Crippen LogP contribution in [-0.2, 0) is 6.61 Å². The Balaban J connectivity index is 2.25. The molecular formula is C15H9F2NO3. The van der Waals surface area contributed by atoms with E-state index >= 15 is 0 Å². The Morgan fingerprint density at radius 2 is 2.00 bits per heavy atom. The first-order valence-corrected chi connectivity index (χ1v) is 5.86. The monoisotopic (exact) mass is 289 g/mol. The summed E-state index contributed by atoms with van der Waals surface area (Å²) >= 11 is 0. The van der Waals surface area contributed by atoms with Crippen LogP contribution >= 0.6 is 0 Å². The second-order valence-corrected chi connectivity index (χ2v) is 4.14. The molecule has 0 aliphatic rings. The van der Waals surface area contributed by atoms with E-state index < -0.39 is 23.4 Å². The number of halogens is 2. The lowest BCUT2D eigenvalue weighted by Crippen LogP contribution is -2.05. The zero-order chi connectivity index (χ0) is 15.4. The minimum absolute atomic E-state index is 0.164. The van der Waals surface area contributed by atoms with E-state index in [0.29, 0.717) is 5.56 Å². The Labute approximate surface area is 118 Å². The summed E-state index contributed by atoms with van der Waals surface area (Å²) in [5.74, 6) is -3.19. The first-order valence-electron chi connectivity index (χ1n) is 5.86. The molecule has 2 aromatic rings. The van der Waals surface area contributed by atoms with E-state index in [0.717, 1.165) is 12.1 Å². The minimum Gasteiger partial charge on any atom is -0.485 e. The van der Waals surface area contributed by atoms with Gasteiger partial charge in [-0.15, -0.1) is 0 Å². The fraction of sp³-hybridized carbons (Fsp3) is 0.0667. The topological polar surface area (TPSA) is 70.3 Å². The molecule has 0 aliphatic carbocycles. The van der Waals surface area contributed by atoms with Crippen LogP contribution in [0.25, 0.3) is 0 Å². The maximum absolute atomic E-state index is 13.6. The molecule has 21 heavy (non-hydrogen) atoms. The highest BCUT2D eigenvalue weighted by atomic mass is 19.1. The van der Waals surface area contributed by atoms with Crippen molar-refractivity contribution in [3.05, 3.63) is 64.7 Å². The van der Waals surface area contributed by atoms with Gasteiger partial charge >= 0.3 is 5.97 Å². The Bertz CT molecular complexity index is 738. The van der Waals surface area contributed by atoms with E-state index in [1.54, 1.807) is 6.07 Å². The molecule has 0 amide bonds. The van der Waals surface area contributed by atoms with E-state index in [1.807, 2.05) is 0 Å². The van der Waals surface area contributed by atoms with Crippen LogP contribution in [0.15, 0.2) is 36.4 Å². The van der Waals surface area contributed by atoms with Gasteiger partial charge in [0.2, 0.25) is 0 Å². The Hall–Kier alpha value is -2.94. The van der Waals surface area contributed by atoms with Gasteiger partial charge in [0.05, 0.1) is 5.56 Å². The van der Waals surface area contributed by atoms with Crippen molar-refractivity contribution in [1.29, 1.82) is 5.26 Å². The zero-order valence-electron chi connectivity index (χ0n) is 10.6. The molecule has 0 bridgehead atoms. The van der Waals surface area contributed by atoms with Gasteiger partial charge in [-0.05, 0) is 29.8 Å². The highest BCUT2D eigenvalue weighted by molar-refractivity contribution is 5.90. The predicted octanol–water partition coefficient (Wildman–Crippen LogP) is 3.11. The van der Waals surface area contributed by atoms with Crippen LogP contribution < -0.4 is 4.74 Å². The summed E-state index contributed by atoms with van der Waals surface area (Å²) in [5.41, 5.74) is -0.0479. The number of carboxylic acids is 1. The molecular weight excluding hydrogens is 280 g/mol. The maximum atomic E-state index is 13.6. The molecule has 6 heteroatoms. The Morgan fingerprint density at radius 1 is 1.24 bits per heavy atom. The number of hydrogen-bond donors (Lipinski definition) is 1. The lowest BCUT2D eigenvalue weighted by Gasteiger charge is -2.10. The fourth-order valence-corrected chi connectivity index (χ4v) is 1.73. The summed E-state index contributed by atoms with van der Waals surface area (Å²) in [6.07, 6.45) is 0. The number of nitrogens with zero attached hydrogens (tertiary/aromatic N) is 1. The molecule has 0 atom stereocenters. The average molecular weight is 289 g/mol. The molecule has 0 spiro atoms. The van der Waals surface area contributed by atoms with Gasteiger partial charge in [-0.25, -0.2) is 13.6 Å². The maximum Gasteiger partial charge on any atom is 0.339 e. The number of ether oxygens (including phenoxy) is 1. The van der Waals surface area contributed by atoms with Gasteiger partial charge in [-0.3, -0.25) is 0 Å². The number of benzene rings is 2. The highest BCUT2D eigenvalue weighted by Gasteiger charge is 2.16. The van der Waals surface area contributed by atoms with Crippen LogP contribution in [0.4, 0.5) is 8.78 Å². The molecule has 0 aromatic heterocycles. The van der Waals surface area contributed by atoms with Crippen LogP contribution in [0.5, 0.6) is 5.75 Å². The molecule has 0 heterocycles. The predicted molar refractivity (Wildman–Crippen MR) is 68.8 cm³/mol. The summed E-state index contributed by atoms with van der Waals surface area (Å²) < 4.78 is 32.0. The quantitative estimate of drug-likeness (QED) is 0.938. The number of aromatic carboxylic acids is 1. The SMILES string of the molecule is N#Cc1cc(COc2c(F)cccc2C(=O)O)ccc1F. The second-order valence-electron chi connectivity index (χ2n) is 4.14. The Morgan fingerprint density at radius 3 is 2.67 bits per heavy atom. The van der Waals surface area contributed by atoms with Crippen molar-refractivity contribution >= 4 is 5.97 Å². The van der Waals surface area contributed by atoms with E-state index in [1.165, 1.54) is 24.3 Å². The molecule has 0 aliphatic heterocycles. The zero-order valence-corrected chi connectivity index (χ0v) is 10.6. The van der Waals surface area contributed by atoms with Crippen molar-refractivity contribution in [3.8, 4) is 11.8 Å². The molecule has 106 valence electrons. The summed E-state index contributed by atoms with van der Waals surface area (Å²) in [4.78, 5) is 11.0. The molecule has 1 N–H and O–H groups in total. The van der Waals surface area contributed by atoms with Gasteiger partial charge in [0.25, 0.3) is 0 Å². The van der Waals surface area contributed by atoms with Gasteiger partial charge in [0.15, 0.2) is 11.6 Å². The van der Waals surface area contributed by atoms with Crippen LogP contribution in [0.1, 0.15) is 21.5 Å². The number of carboxylic acid groups (broad SMARTS) is 1. The van der Waals surface area contributed by atoms with E-state index in [9.17, 15) is 13.6 Å². The first-order chi connectivity index (χ1) is 10.0. The summed E-state index contributed by atoms with van der Waals surface area (Å²) in [5, 5.41) is 17.7. The number of para-hydroxylation sites is 1. The molecule has 4 nitrogen and oxygen atoms in total. The normalized spacial score (nSPS) is 9.95. The number of hydrogen-bond acceptors (Lipinski definition) is 3. The number of carbonyl (C=O) groups is 1. The second kappa shape index (κ2) is 6.01. The van der Waals surface area contributed by atoms with E-state index in [-0.39, 0.29) is 17.7 Å². The van der Waals surface area contributed by atoms with Gasteiger partial charge in [-0.2, -0.15) is 5.26 Å². The Kier molecular flexibility index (Phi) is 4.14. The summed E-state index contributed by atoms with van der Waals surface area (Å²) in [6, 6.07) is 8.96. The molecule has 2 aromatic carbocycles. The summed E-state index contributed by atoms with van der Waals surface area (Å²) in [7, 11) is 0. The van der Waals surface area contributed by atoms with Crippen molar-refractivity contribution in [1.82, 2.24) is 0 Å². The van der Waals surface area contributed by atoms with Crippen LogP contribution in [0.3, 0.4) is 0 Å². The largest absolute Gasteiger partial charge is 0.485 e. The highest BCUT2D eigenvalue weighted by Crippen LogP contribution is 2.24. The van der Waals surface area contributed by atoms with Crippen molar-refractivity contribution in [3.63, 3.8) is 0 Å². The third-order valence-corrected chi connectivity index (χ3v) is 2.73. The third kappa shape index (κ3) is 3.15. The van der Waals surface area contributed by atoms with Crippen LogP contribution in [0, 0.1) is 23.0 Å². The molecule has 0 fully saturated rings. The molecule has 0 saturated heterocycles. The van der Waals surface area contributed by atoms with Crippen molar-refractivity contribution in [2.45, 2.75) is 6.61 Å². The van der Waals surface area contributed by atoms with Crippen molar-refractivity contribution in [2.24, 2.45) is 0 Å². The molecule has 0 unspecified atom stereocenters. The number of rotatable bonds is 4. The standard InChI is InChI=1S/C15H9F2NO3/c16-12-5-4-9(6-10(12)7-18)8-21-14-11(15(19)20)2-1-3-13(14)17/h1-6H,8H2,(H,19,20). The lowest BCUT2D eigenvalue weighted by atomic mass is 10.1. The summed E-state index contributed by atoms with van der Waals surface area (Å²) in [6.45, 7) is -0.184. The van der Waals surface area contributed by atoms with Gasteiger partial charge in [-0.1, -0.05) is 12.1 Å². The minimum atomic E-state index is -1.32. The number of nitriles is 1. The smallest absolute Gasteiger partial charge is 0.339 e. The first kappa shape index (κ1) is 14.5. The van der Waals surface area contributed by atoms with Gasteiger partial charge in [0, 0.05) is 0 Å².